The highest BCUT2D eigenvalue weighted by Crippen LogP contribution is 2.53. The molecule has 1 aromatic rings. The normalized spacial score (nSPS) is 31.8. The van der Waals surface area contributed by atoms with E-state index in [1.54, 1.807) is 6.08 Å². The van der Waals surface area contributed by atoms with Crippen molar-refractivity contribution in [3.63, 3.8) is 0 Å². The molecule has 3 atom stereocenters. The van der Waals surface area contributed by atoms with Crippen LogP contribution >= 0.6 is 0 Å². The van der Waals surface area contributed by atoms with Crippen LogP contribution in [0.25, 0.3) is 0 Å². The maximum atomic E-state index is 12.1. The molecule has 0 amide bonds. The van der Waals surface area contributed by atoms with Crippen molar-refractivity contribution in [1.82, 2.24) is 4.90 Å². The van der Waals surface area contributed by atoms with E-state index in [0.717, 1.165) is 36.3 Å². The molecule has 1 spiro atoms. The number of piperidine rings is 1. The van der Waals surface area contributed by atoms with Gasteiger partial charge in [-0.1, -0.05) is 42.5 Å². The minimum Gasteiger partial charge on any atom is -0.481 e. The van der Waals surface area contributed by atoms with E-state index in [9.17, 15) is 4.79 Å². The molecule has 3 heterocycles. The minimum atomic E-state index is -0.471. The van der Waals surface area contributed by atoms with Crippen molar-refractivity contribution >= 4 is 5.97 Å². The van der Waals surface area contributed by atoms with Gasteiger partial charge < -0.3 is 9.47 Å². The van der Waals surface area contributed by atoms with Crippen LogP contribution in [0, 0.1) is 11.8 Å². The number of hydrogen-bond donors (Lipinski definition) is 0. The standard InChI is InChI=1S/C22H21NO3/c24-21-14-19-16(7-6-12-25-18-8-2-1-3-9-18)13-17-15-22(19,26-21)20-10-4-5-11-23(17)20/h1-3,8-9,13-14,17,20H,4-5,10-12,15H2/t17-,20-,22+/m1/s1. The lowest BCUT2D eigenvalue weighted by Crippen LogP contribution is -2.48. The lowest BCUT2D eigenvalue weighted by atomic mass is 9.77. The second-order valence-corrected chi connectivity index (χ2v) is 7.37. The molecular weight excluding hydrogens is 326 g/mol. The van der Waals surface area contributed by atoms with Crippen molar-refractivity contribution in [3.05, 3.63) is 53.6 Å². The van der Waals surface area contributed by atoms with Crippen LogP contribution in [0.3, 0.4) is 0 Å². The predicted octanol–water partition coefficient (Wildman–Crippen LogP) is 2.86. The summed E-state index contributed by atoms with van der Waals surface area (Å²) in [5, 5.41) is 0. The summed E-state index contributed by atoms with van der Waals surface area (Å²) in [5.41, 5.74) is 1.46. The highest BCUT2D eigenvalue weighted by atomic mass is 16.6. The number of nitrogens with zero attached hydrogens (tertiary/aromatic N) is 1. The lowest BCUT2D eigenvalue weighted by Gasteiger charge is -2.38. The maximum Gasteiger partial charge on any atom is 0.332 e. The third-order valence-electron chi connectivity index (χ3n) is 5.95. The molecule has 4 heteroatoms. The highest BCUT2D eigenvalue weighted by molar-refractivity contribution is 5.90. The highest BCUT2D eigenvalue weighted by Gasteiger charge is 2.61. The minimum absolute atomic E-state index is 0.221. The molecule has 26 heavy (non-hydrogen) atoms. The van der Waals surface area contributed by atoms with Crippen LogP contribution in [-0.2, 0) is 9.53 Å². The molecule has 1 aromatic carbocycles. The smallest absolute Gasteiger partial charge is 0.332 e. The van der Waals surface area contributed by atoms with E-state index in [4.69, 9.17) is 9.47 Å². The third-order valence-corrected chi connectivity index (χ3v) is 5.95. The number of fused-ring (bicyclic) bond motifs is 3. The fourth-order valence-corrected chi connectivity index (χ4v) is 4.94. The van der Waals surface area contributed by atoms with Crippen LogP contribution < -0.4 is 4.74 Å². The molecule has 3 aliphatic heterocycles. The summed E-state index contributed by atoms with van der Waals surface area (Å²) >= 11 is 0. The SMILES string of the molecule is O=C1C=C2C(C#CCOc3ccccc3)=C[C@@H]3C[C@@]2(O1)[C@H]1CCCCN31. The summed E-state index contributed by atoms with van der Waals surface area (Å²) in [6, 6.07) is 10.3. The monoisotopic (exact) mass is 347 g/mol. The molecule has 5 rings (SSSR count). The Kier molecular flexibility index (Phi) is 3.65. The maximum absolute atomic E-state index is 12.1. The predicted molar refractivity (Wildman–Crippen MR) is 97.5 cm³/mol. The van der Waals surface area contributed by atoms with Crippen molar-refractivity contribution in [1.29, 1.82) is 0 Å². The molecule has 0 radical (unpaired) electrons. The second-order valence-electron chi connectivity index (χ2n) is 7.37. The Morgan fingerprint density at radius 1 is 1.27 bits per heavy atom. The van der Waals surface area contributed by atoms with Crippen molar-refractivity contribution < 1.29 is 14.3 Å². The number of benzene rings is 1. The number of esters is 1. The van der Waals surface area contributed by atoms with E-state index >= 15 is 0 Å². The molecule has 4 aliphatic rings. The van der Waals surface area contributed by atoms with Crippen LogP contribution in [0.2, 0.25) is 0 Å². The van der Waals surface area contributed by atoms with Gasteiger partial charge >= 0.3 is 5.97 Å². The Morgan fingerprint density at radius 2 is 2.15 bits per heavy atom. The lowest BCUT2D eigenvalue weighted by molar-refractivity contribution is -0.148. The first-order valence-corrected chi connectivity index (χ1v) is 9.36. The van der Waals surface area contributed by atoms with Gasteiger partial charge in [0.15, 0.2) is 5.60 Å². The van der Waals surface area contributed by atoms with Gasteiger partial charge in [0.05, 0.1) is 6.04 Å². The molecule has 0 N–H and O–H groups in total. The van der Waals surface area contributed by atoms with Gasteiger partial charge in [-0.25, -0.2) is 4.79 Å². The quantitative estimate of drug-likeness (QED) is 0.609. The van der Waals surface area contributed by atoms with Gasteiger partial charge in [0.25, 0.3) is 0 Å². The van der Waals surface area contributed by atoms with Crippen LogP contribution in [0.1, 0.15) is 25.7 Å². The number of carbonyl (C=O) groups excluding carboxylic acids is 1. The number of carbonyl (C=O) groups is 1. The second kappa shape index (κ2) is 6.03. The van der Waals surface area contributed by atoms with Crippen LogP contribution in [-0.4, -0.2) is 41.7 Å². The van der Waals surface area contributed by atoms with Gasteiger partial charge in [0.2, 0.25) is 0 Å². The van der Waals surface area contributed by atoms with E-state index in [2.05, 4.69) is 22.8 Å². The van der Waals surface area contributed by atoms with Gasteiger partial charge in [-0.2, -0.15) is 0 Å². The average molecular weight is 347 g/mol. The fourth-order valence-electron chi connectivity index (χ4n) is 4.94. The Balaban J connectivity index is 1.40. The Labute approximate surface area is 153 Å². The summed E-state index contributed by atoms with van der Waals surface area (Å²) in [7, 11) is 0. The summed E-state index contributed by atoms with van der Waals surface area (Å²) in [5.74, 6) is 6.95. The van der Waals surface area contributed by atoms with E-state index in [1.165, 1.54) is 12.8 Å². The number of para-hydroxylation sites is 1. The average Bonchev–Trinajstić information content (AvgIpc) is 3.15. The number of hydrogen-bond acceptors (Lipinski definition) is 4. The molecule has 0 saturated carbocycles. The number of rotatable bonds is 2. The van der Waals surface area contributed by atoms with Crippen molar-refractivity contribution in [2.45, 2.75) is 43.4 Å². The Bertz CT molecular complexity index is 860. The van der Waals surface area contributed by atoms with Crippen LogP contribution in [0.15, 0.2) is 53.6 Å². The summed E-state index contributed by atoms with van der Waals surface area (Å²) in [4.78, 5) is 14.6. The molecule has 2 bridgehead atoms. The van der Waals surface area contributed by atoms with E-state index in [-0.39, 0.29) is 5.97 Å². The zero-order chi connectivity index (χ0) is 17.6. The largest absolute Gasteiger partial charge is 0.481 e. The van der Waals surface area contributed by atoms with Crippen LogP contribution in [0.4, 0.5) is 0 Å². The zero-order valence-corrected chi connectivity index (χ0v) is 14.6. The molecule has 1 aliphatic carbocycles. The summed E-state index contributed by atoms with van der Waals surface area (Å²) < 4.78 is 11.6. The van der Waals surface area contributed by atoms with Crippen LogP contribution in [0.5, 0.6) is 5.75 Å². The Morgan fingerprint density at radius 3 is 3.04 bits per heavy atom. The summed E-state index contributed by atoms with van der Waals surface area (Å²) in [6.07, 6.45) is 8.27. The first-order chi connectivity index (χ1) is 12.8. The Hall–Kier alpha value is -2.51. The molecule has 2 saturated heterocycles. The molecule has 132 valence electrons. The molecule has 0 aromatic heterocycles. The van der Waals surface area contributed by atoms with Gasteiger partial charge in [0, 0.05) is 29.7 Å². The van der Waals surface area contributed by atoms with Gasteiger partial charge in [-0.05, 0) is 31.5 Å². The molecule has 4 nitrogen and oxygen atoms in total. The number of ether oxygens (including phenoxy) is 2. The molecule has 2 fully saturated rings. The first kappa shape index (κ1) is 15.7. The van der Waals surface area contributed by atoms with E-state index < -0.39 is 5.60 Å². The first-order valence-electron chi connectivity index (χ1n) is 9.36. The third kappa shape index (κ3) is 2.39. The van der Waals surface area contributed by atoms with Crippen molar-refractivity contribution in [2.24, 2.45) is 0 Å². The van der Waals surface area contributed by atoms with Gasteiger partial charge in [0.1, 0.15) is 12.4 Å². The van der Waals surface area contributed by atoms with Gasteiger partial charge in [-0.15, -0.1) is 0 Å². The van der Waals surface area contributed by atoms with Crippen molar-refractivity contribution in [3.8, 4) is 17.6 Å². The van der Waals surface area contributed by atoms with Crippen molar-refractivity contribution in [2.75, 3.05) is 13.2 Å². The topological polar surface area (TPSA) is 38.8 Å². The molecule has 0 unspecified atom stereocenters. The fraction of sp³-hybridized carbons (Fsp3) is 0.409. The van der Waals surface area contributed by atoms with E-state index in [1.807, 2.05) is 30.3 Å². The zero-order valence-electron chi connectivity index (χ0n) is 14.6. The van der Waals surface area contributed by atoms with Gasteiger partial charge in [-0.3, -0.25) is 4.90 Å². The van der Waals surface area contributed by atoms with E-state index in [0.29, 0.717) is 18.7 Å². The summed E-state index contributed by atoms with van der Waals surface area (Å²) in [6.45, 7) is 1.41. The molecular formula is C22H21NO3.